The van der Waals surface area contributed by atoms with Gasteiger partial charge >= 0.3 is 0 Å². The summed E-state index contributed by atoms with van der Waals surface area (Å²) in [6, 6.07) is 2.93. The minimum Gasteiger partial charge on any atom is -0.470 e. The van der Waals surface area contributed by atoms with Crippen molar-refractivity contribution in [3.05, 3.63) is 24.2 Å². The Morgan fingerprint density at radius 1 is 1.25 bits per heavy atom. The highest BCUT2D eigenvalue weighted by molar-refractivity contribution is 5.89. The maximum Gasteiger partial charge on any atom is 0.242 e. The predicted molar refractivity (Wildman–Crippen MR) is 95.4 cm³/mol. The van der Waals surface area contributed by atoms with Crippen LogP contribution in [0.5, 0.6) is 0 Å². The number of nitrogens with one attached hydrogen (secondary N) is 3. The molecule has 0 saturated carbocycles. The van der Waals surface area contributed by atoms with Crippen molar-refractivity contribution >= 4 is 11.8 Å². The number of carbonyl (C=O) groups excluding carboxylic acids is 2. The minimum absolute atomic E-state index is 0.0437. The number of hydrogen-bond acceptors (Lipinski definition) is 5. The van der Waals surface area contributed by atoms with Crippen molar-refractivity contribution < 1.29 is 14.0 Å². The second kappa shape index (κ2) is 12.5. The van der Waals surface area contributed by atoms with Crippen LogP contribution in [-0.2, 0) is 9.59 Å². The van der Waals surface area contributed by atoms with Gasteiger partial charge < -0.3 is 26.1 Å². The first-order valence-electron chi connectivity index (χ1n) is 8.35. The van der Waals surface area contributed by atoms with Crippen molar-refractivity contribution in [3.8, 4) is 0 Å². The van der Waals surface area contributed by atoms with Gasteiger partial charge in [-0.3, -0.25) is 9.59 Å². The van der Waals surface area contributed by atoms with E-state index in [2.05, 4.69) is 16.0 Å². The molecule has 0 bridgehead atoms. The number of amides is 2. The van der Waals surface area contributed by atoms with Crippen LogP contribution in [0.3, 0.4) is 0 Å². The van der Waals surface area contributed by atoms with Crippen LogP contribution < -0.4 is 21.7 Å². The van der Waals surface area contributed by atoms with E-state index in [1.165, 1.54) is 0 Å². The maximum absolute atomic E-state index is 11.9. The molecule has 1 rings (SSSR count). The fourth-order valence-corrected chi connectivity index (χ4v) is 1.85. The van der Waals surface area contributed by atoms with Crippen LogP contribution in [0.15, 0.2) is 22.8 Å². The number of hydrogen-bond donors (Lipinski definition) is 4. The standard InChI is InChI=1S/C12H26N4O2.C5H6O/c1-5-14-12(18)10(8(2)3)16-11(17)9(4)15-7-6-13;1-5-3-2-4-6-5/h8-10,15H,5-7,13H2,1-4H3,(H,14,18)(H,16,17);2-4H,1H3/t9?,10-;/m0./s1. The molecule has 7 heteroatoms. The second-order valence-corrected chi connectivity index (χ2v) is 5.81. The van der Waals surface area contributed by atoms with Crippen molar-refractivity contribution in [1.82, 2.24) is 16.0 Å². The molecule has 0 fully saturated rings. The van der Waals surface area contributed by atoms with Gasteiger partial charge in [-0.1, -0.05) is 13.8 Å². The third-order valence-corrected chi connectivity index (χ3v) is 3.25. The Hall–Kier alpha value is -1.86. The Kier molecular flexibility index (Phi) is 11.6. The molecule has 0 spiro atoms. The fraction of sp³-hybridized carbons (Fsp3) is 0.647. The van der Waals surface area contributed by atoms with Crippen molar-refractivity contribution in [2.75, 3.05) is 19.6 Å². The number of carbonyl (C=O) groups is 2. The SMILES string of the molecule is CCNC(=O)[C@@H](NC(=O)C(C)NCCN)C(C)C.Cc1ccco1. The average Bonchev–Trinajstić information content (AvgIpc) is 3.01. The van der Waals surface area contributed by atoms with Gasteiger partial charge in [0.15, 0.2) is 0 Å². The summed E-state index contributed by atoms with van der Waals surface area (Å²) in [5.74, 6) is 0.678. The number of aryl methyl sites for hydroxylation is 1. The Morgan fingerprint density at radius 2 is 1.92 bits per heavy atom. The first-order valence-corrected chi connectivity index (χ1v) is 8.35. The highest BCUT2D eigenvalue weighted by atomic mass is 16.3. The summed E-state index contributed by atoms with van der Waals surface area (Å²) in [5, 5.41) is 8.45. The van der Waals surface area contributed by atoms with E-state index in [-0.39, 0.29) is 23.8 Å². The monoisotopic (exact) mass is 340 g/mol. The van der Waals surface area contributed by atoms with Gasteiger partial charge in [0.05, 0.1) is 12.3 Å². The molecule has 1 unspecified atom stereocenters. The Labute approximate surface area is 144 Å². The molecule has 7 nitrogen and oxygen atoms in total. The number of furan rings is 1. The summed E-state index contributed by atoms with van der Waals surface area (Å²) in [7, 11) is 0. The van der Waals surface area contributed by atoms with E-state index >= 15 is 0 Å². The summed E-state index contributed by atoms with van der Waals surface area (Å²) >= 11 is 0. The lowest BCUT2D eigenvalue weighted by molar-refractivity contribution is -0.130. The molecule has 24 heavy (non-hydrogen) atoms. The van der Waals surface area contributed by atoms with E-state index in [1.807, 2.05) is 39.8 Å². The van der Waals surface area contributed by atoms with Gasteiger partial charge in [-0.2, -0.15) is 0 Å². The third-order valence-electron chi connectivity index (χ3n) is 3.25. The van der Waals surface area contributed by atoms with Gasteiger partial charge in [-0.15, -0.1) is 0 Å². The summed E-state index contributed by atoms with van der Waals surface area (Å²) in [4.78, 5) is 23.7. The molecule has 0 aliphatic rings. The van der Waals surface area contributed by atoms with Crippen LogP contribution in [0.4, 0.5) is 0 Å². The summed E-state index contributed by atoms with van der Waals surface area (Å²) < 4.78 is 4.83. The molecule has 0 saturated heterocycles. The van der Waals surface area contributed by atoms with Crippen LogP contribution in [0, 0.1) is 12.8 Å². The van der Waals surface area contributed by atoms with E-state index in [9.17, 15) is 9.59 Å². The summed E-state index contributed by atoms with van der Waals surface area (Å²) in [6.07, 6.45) is 1.66. The molecule has 1 aromatic heterocycles. The smallest absolute Gasteiger partial charge is 0.242 e. The highest BCUT2D eigenvalue weighted by Gasteiger charge is 2.25. The van der Waals surface area contributed by atoms with Crippen LogP contribution in [0.2, 0.25) is 0 Å². The molecule has 0 radical (unpaired) electrons. The second-order valence-electron chi connectivity index (χ2n) is 5.81. The van der Waals surface area contributed by atoms with Crippen molar-refractivity contribution in [2.24, 2.45) is 11.7 Å². The largest absolute Gasteiger partial charge is 0.470 e. The van der Waals surface area contributed by atoms with E-state index in [4.69, 9.17) is 10.2 Å². The molecule has 0 aliphatic carbocycles. The highest BCUT2D eigenvalue weighted by Crippen LogP contribution is 2.02. The molecular formula is C17H32N4O3. The van der Waals surface area contributed by atoms with Crippen LogP contribution in [0.1, 0.15) is 33.5 Å². The zero-order valence-electron chi connectivity index (χ0n) is 15.4. The van der Waals surface area contributed by atoms with Gasteiger partial charge in [-0.05, 0) is 38.8 Å². The molecule has 5 N–H and O–H groups in total. The van der Waals surface area contributed by atoms with Gasteiger partial charge in [-0.25, -0.2) is 0 Å². The number of likely N-dealkylation sites (N-methyl/N-ethyl adjacent to an activating group) is 1. The molecule has 2 atom stereocenters. The van der Waals surface area contributed by atoms with E-state index in [0.717, 1.165) is 5.76 Å². The van der Waals surface area contributed by atoms with Gasteiger partial charge in [0.25, 0.3) is 0 Å². The maximum atomic E-state index is 11.9. The fourth-order valence-electron chi connectivity index (χ4n) is 1.85. The van der Waals surface area contributed by atoms with E-state index in [1.54, 1.807) is 13.2 Å². The molecule has 138 valence electrons. The summed E-state index contributed by atoms with van der Waals surface area (Å²) in [5.41, 5.74) is 5.36. The van der Waals surface area contributed by atoms with E-state index in [0.29, 0.717) is 19.6 Å². The predicted octanol–water partition coefficient (Wildman–Crippen LogP) is 0.788. The lowest BCUT2D eigenvalue weighted by atomic mass is 10.0. The first kappa shape index (κ1) is 22.1. The molecule has 2 amide bonds. The van der Waals surface area contributed by atoms with Gasteiger partial charge in [0.2, 0.25) is 11.8 Å². The molecule has 1 aromatic rings. The lowest BCUT2D eigenvalue weighted by Crippen LogP contribution is -2.54. The normalized spacial score (nSPS) is 12.8. The van der Waals surface area contributed by atoms with Crippen LogP contribution in [0.25, 0.3) is 0 Å². The number of rotatable bonds is 8. The van der Waals surface area contributed by atoms with Crippen LogP contribution >= 0.6 is 0 Å². The topological polar surface area (TPSA) is 109 Å². The minimum atomic E-state index is -0.500. The molecule has 1 heterocycles. The van der Waals surface area contributed by atoms with Gasteiger partial charge in [0, 0.05) is 19.6 Å². The quantitative estimate of drug-likeness (QED) is 0.559. The van der Waals surface area contributed by atoms with Crippen LogP contribution in [-0.4, -0.2) is 43.5 Å². The number of nitrogens with two attached hydrogens (primary N) is 1. The Bertz CT molecular complexity index is 460. The van der Waals surface area contributed by atoms with Crippen molar-refractivity contribution in [3.63, 3.8) is 0 Å². The third kappa shape index (κ3) is 9.32. The van der Waals surface area contributed by atoms with Crippen molar-refractivity contribution in [2.45, 2.75) is 46.7 Å². The van der Waals surface area contributed by atoms with E-state index < -0.39 is 6.04 Å². The zero-order chi connectivity index (χ0) is 18.5. The molecule has 0 aliphatic heterocycles. The lowest BCUT2D eigenvalue weighted by Gasteiger charge is -2.23. The van der Waals surface area contributed by atoms with Crippen molar-refractivity contribution in [1.29, 1.82) is 0 Å². The molecule has 0 aromatic carbocycles. The summed E-state index contributed by atoms with van der Waals surface area (Å²) in [6.45, 7) is 10.9. The zero-order valence-corrected chi connectivity index (χ0v) is 15.4. The Balaban J connectivity index is 0.000000728. The average molecular weight is 340 g/mol. The molecular weight excluding hydrogens is 308 g/mol. The Morgan fingerprint density at radius 3 is 2.29 bits per heavy atom. The van der Waals surface area contributed by atoms with Gasteiger partial charge in [0.1, 0.15) is 11.8 Å². The first-order chi connectivity index (χ1) is 11.3.